The molecule has 0 amide bonds. The van der Waals surface area contributed by atoms with Gasteiger partial charge in [-0.1, -0.05) is 30.2 Å². The van der Waals surface area contributed by atoms with Gasteiger partial charge in [0, 0.05) is 4.91 Å². The lowest BCUT2D eigenvalue weighted by atomic mass is 9.96. The maximum atomic E-state index is 12.3. The second-order valence-corrected chi connectivity index (χ2v) is 6.04. The van der Waals surface area contributed by atoms with E-state index in [0.717, 1.165) is 0 Å². The number of esters is 1. The Morgan fingerprint density at radius 3 is 2.74 bits per heavy atom. The maximum absolute atomic E-state index is 12.3. The Morgan fingerprint density at radius 2 is 2.17 bits per heavy atom. The molecule has 1 saturated heterocycles. The molecule has 1 fully saturated rings. The first kappa shape index (κ1) is 17.6. The van der Waals surface area contributed by atoms with E-state index in [1.807, 2.05) is 13.2 Å². The van der Waals surface area contributed by atoms with Gasteiger partial charge in [0.1, 0.15) is 23.7 Å². The average molecular weight is 337 g/mol. The molecule has 0 spiro atoms. The second-order valence-electron chi connectivity index (χ2n) is 5.11. The van der Waals surface area contributed by atoms with Crippen molar-refractivity contribution in [1.29, 1.82) is 0 Å². The summed E-state index contributed by atoms with van der Waals surface area (Å²) in [6, 6.07) is 7.70. The van der Waals surface area contributed by atoms with Gasteiger partial charge in [0.2, 0.25) is 0 Å². The first-order valence-electron chi connectivity index (χ1n) is 7.29. The number of ether oxygens (including phenoxy) is 2. The molecule has 1 aromatic rings. The topological polar surface area (TPSA) is 105 Å². The molecule has 0 aliphatic carbocycles. The summed E-state index contributed by atoms with van der Waals surface area (Å²) in [7, 11) is 0. The van der Waals surface area contributed by atoms with Gasteiger partial charge in [-0.05, 0) is 30.3 Å². The van der Waals surface area contributed by atoms with Gasteiger partial charge >= 0.3 is 5.97 Å². The highest BCUT2D eigenvalue weighted by Crippen LogP contribution is 2.32. The molecule has 1 N–H and O–H groups in total. The van der Waals surface area contributed by atoms with Gasteiger partial charge in [-0.2, -0.15) is 0 Å². The van der Waals surface area contributed by atoms with Crippen molar-refractivity contribution < 1.29 is 19.4 Å². The lowest BCUT2D eigenvalue weighted by molar-refractivity contribution is -0.156. The number of aliphatic hydroxyl groups is 1. The van der Waals surface area contributed by atoms with Crippen LogP contribution in [0.15, 0.2) is 35.4 Å². The summed E-state index contributed by atoms with van der Waals surface area (Å²) in [6.45, 7) is 1.87. The van der Waals surface area contributed by atoms with Crippen LogP contribution in [0.4, 0.5) is 0 Å². The Labute approximate surface area is 138 Å². The van der Waals surface area contributed by atoms with Gasteiger partial charge in [0.25, 0.3) is 0 Å². The van der Waals surface area contributed by atoms with Crippen LogP contribution in [-0.2, 0) is 9.47 Å². The lowest BCUT2D eigenvalue weighted by Gasteiger charge is -2.41. The van der Waals surface area contributed by atoms with Gasteiger partial charge < -0.3 is 14.6 Å². The number of carbonyl (C=O) groups is 1. The number of azide groups is 1. The molecule has 0 radical (unpaired) electrons. The Kier molecular flexibility index (Phi) is 6.29. The van der Waals surface area contributed by atoms with Crippen LogP contribution in [0.1, 0.15) is 23.7 Å². The van der Waals surface area contributed by atoms with Gasteiger partial charge in [-0.15, -0.1) is 11.8 Å². The van der Waals surface area contributed by atoms with Crippen molar-refractivity contribution in [2.45, 2.75) is 43.1 Å². The van der Waals surface area contributed by atoms with Crippen LogP contribution in [0.2, 0.25) is 0 Å². The summed E-state index contributed by atoms with van der Waals surface area (Å²) < 4.78 is 11.2. The molecular formula is C15H19N3O4S. The minimum Gasteiger partial charge on any atom is -0.455 e. The number of carbonyl (C=O) groups excluding carboxylic acids is 1. The lowest BCUT2D eigenvalue weighted by Crippen LogP contribution is -2.57. The van der Waals surface area contributed by atoms with Crippen molar-refractivity contribution in [3.05, 3.63) is 46.3 Å². The minimum absolute atomic E-state index is 0.375. The van der Waals surface area contributed by atoms with Crippen LogP contribution in [0.3, 0.4) is 0 Å². The standard InChI is InChI=1S/C15H19N3O4S/c1-3-10-12(19)13(11(17-18-16)15(21-10)23-2)22-14(20)9-7-5-4-6-8-9/h4-8,10-13,15,19H,3H2,1-2H3/t10?,11?,12-,13-,15+/m1/s1. The molecule has 23 heavy (non-hydrogen) atoms. The van der Waals surface area contributed by atoms with E-state index in [4.69, 9.17) is 15.0 Å². The van der Waals surface area contributed by atoms with E-state index in [2.05, 4.69) is 10.0 Å². The zero-order valence-electron chi connectivity index (χ0n) is 12.9. The highest BCUT2D eigenvalue weighted by molar-refractivity contribution is 7.99. The van der Waals surface area contributed by atoms with Crippen molar-refractivity contribution in [2.24, 2.45) is 5.11 Å². The SMILES string of the molecule is CCC1O[C@@H](SC)C(N=[N+]=[N-])[C@@H](OC(=O)c2ccccc2)[C@@H]1O. The molecule has 0 aromatic heterocycles. The zero-order chi connectivity index (χ0) is 16.8. The van der Waals surface area contributed by atoms with Crippen LogP contribution in [0.5, 0.6) is 0 Å². The number of benzene rings is 1. The highest BCUT2D eigenvalue weighted by atomic mass is 32.2. The summed E-state index contributed by atoms with van der Waals surface area (Å²) in [5.74, 6) is -0.565. The van der Waals surface area contributed by atoms with Crippen molar-refractivity contribution in [2.75, 3.05) is 6.26 Å². The third-order valence-electron chi connectivity index (χ3n) is 3.71. The van der Waals surface area contributed by atoms with E-state index < -0.39 is 35.8 Å². The molecule has 1 aliphatic rings. The van der Waals surface area contributed by atoms with Gasteiger partial charge in [0.05, 0.1) is 11.7 Å². The normalized spacial score (nSPS) is 30.3. The van der Waals surface area contributed by atoms with E-state index >= 15 is 0 Å². The molecule has 5 atom stereocenters. The number of hydrogen-bond donors (Lipinski definition) is 1. The summed E-state index contributed by atoms with van der Waals surface area (Å²) in [4.78, 5) is 15.1. The summed E-state index contributed by atoms with van der Waals surface area (Å²) in [5, 5.41) is 14.1. The van der Waals surface area contributed by atoms with Crippen LogP contribution in [0.25, 0.3) is 10.4 Å². The van der Waals surface area contributed by atoms with E-state index in [1.165, 1.54) is 11.8 Å². The Morgan fingerprint density at radius 1 is 1.48 bits per heavy atom. The van der Waals surface area contributed by atoms with Gasteiger partial charge in [-0.25, -0.2) is 4.79 Å². The van der Waals surface area contributed by atoms with Crippen molar-refractivity contribution in [1.82, 2.24) is 0 Å². The summed E-state index contributed by atoms with van der Waals surface area (Å²) in [6.07, 6.45) is -0.112. The highest BCUT2D eigenvalue weighted by Gasteiger charge is 2.46. The first-order chi connectivity index (χ1) is 11.1. The molecule has 1 aliphatic heterocycles. The molecule has 2 rings (SSSR count). The third kappa shape index (κ3) is 3.97. The number of rotatable bonds is 5. The first-order valence-corrected chi connectivity index (χ1v) is 8.57. The second kappa shape index (κ2) is 8.21. The fourth-order valence-corrected chi connectivity index (χ4v) is 3.26. The van der Waals surface area contributed by atoms with Crippen LogP contribution in [-0.4, -0.2) is 47.1 Å². The van der Waals surface area contributed by atoms with E-state index in [9.17, 15) is 9.90 Å². The number of nitrogens with zero attached hydrogens (tertiary/aromatic N) is 3. The van der Waals surface area contributed by atoms with Gasteiger partial charge in [-0.3, -0.25) is 0 Å². The molecule has 1 aromatic carbocycles. The molecule has 7 nitrogen and oxygen atoms in total. The van der Waals surface area contributed by atoms with Crippen LogP contribution in [0, 0.1) is 0 Å². The smallest absolute Gasteiger partial charge is 0.338 e. The Hall–Kier alpha value is -1.73. The molecule has 8 heteroatoms. The minimum atomic E-state index is -1.05. The largest absolute Gasteiger partial charge is 0.455 e. The van der Waals surface area contributed by atoms with Crippen molar-refractivity contribution in [3.63, 3.8) is 0 Å². The zero-order valence-corrected chi connectivity index (χ0v) is 13.7. The van der Waals surface area contributed by atoms with Crippen LogP contribution < -0.4 is 0 Å². The number of aliphatic hydroxyl groups excluding tert-OH is 1. The fraction of sp³-hybridized carbons (Fsp3) is 0.533. The van der Waals surface area contributed by atoms with Gasteiger partial charge in [0.15, 0.2) is 0 Å². The fourth-order valence-electron chi connectivity index (χ4n) is 2.52. The molecule has 0 bridgehead atoms. The van der Waals surface area contributed by atoms with E-state index in [0.29, 0.717) is 12.0 Å². The van der Waals surface area contributed by atoms with Crippen LogP contribution >= 0.6 is 11.8 Å². The summed E-state index contributed by atoms with van der Waals surface area (Å²) >= 11 is 1.35. The quantitative estimate of drug-likeness (QED) is 0.385. The molecule has 0 saturated carbocycles. The predicted octanol–water partition coefficient (Wildman–Crippen LogP) is 2.75. The molecule has 1 heterocycles. The Bertz CT molecular complexity index is 579. The summed E-state index contributed by atoms with van der Waals surface area (Å²) in [5.41, 5.74) is 8.68. The number of thioether (sulfide) groups is 1. The third-order valence-corrected chi connectivity index (χ3v) is 4.57. The predicted molar refractivity (Wildman–Crippen MR) is 87.1 cm³/mol. The van der Waals surface area contributed by atoms with E-state index in [1.54, 1.807) is 30.3 Å². The number of hydrogen-bond acceptors (Lipinski definition) is 6. The average Bonchev–Trinajstić information content (AvgIpc) is 2.59. The molecule has 2 unspecified atom stereocenters. The van der Waals surface area contributed by atoms with Crippen molar-refractivity contribution in [3.8, 4) is 0 Å². The monoisotopic (exact) mass is 337 g/mol. The van der Waals surface area contributed by atoms with Crippen molar-refractivity contribution >= 4 is 17.7 Å². The Balaban J connectivity index is 2.25. The molecular weight excluding hydrogens is 318 g/mol. The van der Waals surface area contributed by atoms with E-state index in [-0.39, 0.29) is 0 Å². The maximum Gasteiger partial charge on any atom is 0.338 e. The molecule has 124 valence electrons.